The number of hydrogen-bond donors (Lipinski definition) is 0. The van der Waals surface area contributed by atoms with Gasteiger partial charge >= 0.3 is 6.61 Å². The van der Waals surface area contributed by atoms with Gasteiger partial charge in [0.25, 0.3) is 0 Å². The van der Waals surface area contributed by atoms with Crippen LogP contribution in [0.15, 0.2) is 48.5 Å². The fourth-order valence-corrected chi connectivity index (χ4v) is 2.51. The maximum absolute atomic E-state index is 12.6. The van der Waals surface area contributed by atoms with Crippen molar-refractivity contribution in [1.82, 2.24) is 14.8 Å². The van der Waals surface area contributed by atoms with E-state index in [2.05, 4.69) is 14.9 Å². The van der Waals surface area contributed by atoms with Gasteiger partial charge in [0.05, 0.1) is 10.6 Å². The van der Waals surface area contributed by atoms with Crippen molar-refractivity contribution in [2.75, 3.05) is 0 Å². The molecule has 0 unspecified atom stereocenters. The summed E-state index contributed by atoms with van der Waals surface area (Å²) in [5.41, 5.74) is 1.14. The summed E-state index contributed by atoms with van der Waals surface area (Å²) in [7, 11) is 1.74. The Labute approximate surface area is 136 Å². The largest absolute Gasteiger partial charge is 0.434 e. The van der Waals surface area contributed by atoms with Crippen LogP contribution in [0.5, 0.6) is 5.75 Å². The smallest absolute Gasteiger partial charge is 0.387 e. The zero-order valence-corrected chi connectivity index (χ0v) is 12.8. The molecule has 3 rings (SSSR count). The molecule has 0 spiro atoms. The fourth-order valence-electron chi connectivity index (χ4n) is 2.29. The van der Waals surface area contributed by atoms with Crippen molar-refractivity contribution >= 4 is 11.6 Å². The summed E-state index contributed by atoms with van der Waals surface area (Å²) in [6, 6.07) is 13.7. The monoisotopic (exact) mass is 335 g/mol. The average molecular weight is 336 g/mol. The van der Waals surface area contributed by atoms with Gasteiger partial charge in [-0.2, -0.15) is 8.78 Å². The van der Waals surface area contributed by atoms with E-state index in [1.807, 2.05) is 18.2 Å². The van der Waals surface area contributed by atoms with Crippen LogP contribution in [-0.2, 0) is 7.05 Å². The van der Waals surface area contributed by atoms with Crippen LogP contribution in [0.4, 0.5) is 8.78 Å². The van der Waals surface area contributed by atoms with Gasteiger partial charge in [0.1, 0.15) is 5.75 Å². The summed E-state index contributed by atoms with van der Waals surface area (Å²) in [5.74, 6) is 0.998. The molecule has 118 valence electrons. The van der Waals surface area contributed by atoms with Crippen molar-refractivity contribution in [2.45, 2.75) is 6.61 Å². The fraction of sp³-hybridized carbons (Fsp3) is 0.125. The van der Waals surface area contributed by atoms with Crippen LogP contribution in [0.1, 0.15) is 0 Å². The summed E-state index contributed by atoms with van der Waals surface area (Å²) < 4.78 is 31.4. The van der Waals surface area contributed by atoms with E-state index in [4.69, 9.17) is 11.6 Å². The third kappa shape index (κ3) is 3.03. The highest BCUT2D eigenvalue weighted by Gasteiger charge is 2.18. The second-order valence-electron chi connectivity index (χ2n) is 4.76. The SMILES string of the molecule is Cn1c(-c2ccccc2Cl)nnc1-c1ccccc1OC(F)F. The molecule has 0 atom stereocenters. The van der Waals surface area contributed by atoms with Crippen molar-refractivity contribution < 1.29 is 13.5 Å². The highest BCUT2D eigenvalue weighted by atomic mass is 35.5. The van der Waals surface area contributed by atoms with Gasteiger partial charge in [0, 0.05) is 12.6 Å². The number of aromatic nitrogens is 3. The zero-order valence-electron chi connectivity index (χ0n) is 12.1. The molecule has 7 heteroatoms. The van der Waals surface area contributed by atoms with Crippen LogP contribution < -0.4 is 4.74 Å². The predicted octanol–water partition coefficient (Wildman–Crippen LogP) is 4.40. The maximum Gasteiger partial charge on any atom is 0.387 e. The minimum absolute atomic E-state index is 0.0451. The van der Waals surface area contributed by atoms with Gasteiger partial charge in [0.2, 0.25) is 0 Å². The number of halogens is 3. The van der Waals surface area contributed by atoms with Gasteiger partial charge in [-0.1, -0.05) is 35.9 Å². The van der Waals surface area contributed by atoms with E-state index >= 15 is 0 Å². The summed E-state index contributed by atoms with van der Waals surface area (Å²) in [5, 5.41) is 8.76. The molecule has 0 aliphatic rings. The lowest BCUT2D eigenvalue weighted by molar-refractivity contribution is -0.0494. The Hall–Kier alpha value is -2.47. The third-order valence-corrected chi connectivity index (χ3v) is 3.66. The number of benzene rings is 2. The molecule has 23 heavy (non-hydrogen) atoms. The molecule has 3 aromatic rings. The predicted molar refractivity (Wildman–Crippen MR) is 83.5 cm³/mol. The molecule has 0 saturated carbocycles. The molecule has 0 fully saturated rings. The number of hydrogen-bond acceptors (Lipinski definition) is 3. The molecule has 4 nitrogen and oxygen atoms in total. The first-order valence-corrected chi connectivity index (χ1v) is 7.14. The molecule has 1 heterocycles. The molecule has 0 radical (unpaired) electrons. The van der Waals surface area contributed by atoms with Gasteiger partial charge in [-0.05, 0) is 24.3 Å². The van der Waals surface area contributed by atoms with Crippen LogP contribution in [0, 0.1) is 0 Å². The Kier molecular flexibility index (Phi) is 4.25. The molecule has 0 bridgehead atoms. The van der Waals surface area contributed by atoms with E-state index in [0.717, 1.165) is 0 Å². The Morgan fingerprint density at radius 3 is 2.17 bits per heavy atom. The Morgan fingerprint density at radius 2 is 1.52 bits per heavy atom. The summed E-state index contributed by atoms with van der Waals surface area (Å²) in [6.45, 7) is -2.91. The minimum atomic E-state index is -2.91. The number of ether oxygens (including phenoxy) is 1. The minimum Gasteiger partial charge on any atom is -0.434 e. The van der Waals surface area contributed by atoms with Crippen molar-refractivity contribution in [3.05, 3.63) is 53.6 Å². The standard InChI is InChI=1S/C16H12ClF2N3O/c1-22-14(10-6-2-4-8-12(10)17)20-21-15(22)11-7-3-5-9-13(11)23-16(18)19/h2-9,16H,1H3. The number of para-hydroxylation sites is 1. The molecule has 0 aliphatic heterocycles. The molecule has 0 saturated heterocycles. The molecule has 1 aromatic heterocycles. The van der Waals surface area contributed by atoms with Crippen molar-refractivity contribution in [1.29, 1.82) is 0 Å². The van der Waals surface area contributed by atoms with Gasteiger partial charge in [-0.25, -0.2) is 0 Å². The third-order valence-electron chi connectivity index (χ3n) is 3.33. The van der Waals surface area contributed by atoms with Crippen LogP contribution >= 0.6 is 11.6 Å². The van der Waals surface area contributed by atoms with Crippen LogP contribution in [-0.4, -0.2) is 21.4 Å². The van der Waals surface area contributed by atoms with Gasteiger partial charge in [-0.15, -0.1) is 10.2 Å². The van der Waals surface area contributed by atoms with E-state index in [0.29, 0.717) is 27.8 Å². The van der Waals surface area contributed by atoms with E-state index in [9.17, 15) is 8.78 Å². The molecule has 0 amide bonds. The Morgan fingerprint density at radius 1 is 0.957 bits per heavy atom. The molecule has 0 aliphatic carbocycles. The zero-order chi connectivity index (χ0) is 16.4. The first-order valence-electron chi connectivity index (χ1n) is 6.76. The van der Waals surface area contributed by atoms with Gasteiger partial charge in [0.15, 0.2) is 11.6 Å². The van der Waals surface area contributed by atoms with E-state index in [1.54, 1.807) is 35.9 Å². The lowest BCUT2D eigenvalue weighted by Gasteiger charge is -2.10. The van der Waals surface area contributed by atoms with Crippen molar-refractivity contribution in [3.8, 4) is 28.5 Å². The van der Waals surface area contributed by atoms with Crippen molar-refractivity contribution in [2.24, 2.45) is 7.05 Å². The highest BCUT2D eigenvalue weighted by Crippen LogP contribution is 2.33. The normalized spacial score (nSPS) is 11.0. The van der Waals surface area contributed by atoms with Crippen molar-refractivity contribution in [3.63, 3.8) is 0 Å². The van der Waals surface area contributed by atoms with Gasteiger partial charge < -0.3 is 9.30 Å². The number of alkyl halides is 2. The number of nitrogens with zero attached hydrogens (tertiary/aromatic N) is 3. The molecular weight excluding hydrogens is 324 g/mol. The Bertz CT molecular complexity index is 836. The summed E-state index contributed by atoms with van der Waals surface area (Å²) in [4.78, 5) is 0. The first kappa shape index (κ1) is 15.4. The van der Waals surface area contributed by atoms with Crippen LogP contribution in [0.25, 0.3) is 22.8 Å². The van der Waals surface area contributed by atoms with E-state index < -0.39 is 6.61 Å². The van der Waals surface area contributed by atoms with E-state index in [-0.39, 0.29) is 5.75 Å². The quantitative estimate of drug-likeness (QED) is 0.709. The van der Waals surface area contributed by atoms with Gasteiger partial charge in [-0.3, -0.25) is 0 Å². The van der Waals surface area contributed by atoms with Crippen LogP contribution in [0.2, 0.25) is 5.02 Å². The number of rotatable bonds is 4. The second kappa shape index (κ2) is 6.34. The summed E-state index contributed by atoms with van der Waals surface area (Å²) in [6.07, 6.45) is 0. The highest BCUT2D eigenvalue weighted by molar-refractivity contribution is 6.33. The lowest BCUT2D eigenvalue weighted by Crippen LogP contribution is -2.04. The first-order chi connectivity index (χ1) is 11.1. The topological polar surface area (TPSA) is 39.9 Å². The summed E-state index contributed by atoms with van der Waals surface area (Å²) >= 11 is 6.18. The second-order valence-corrected chi connectivity index (χ2v) is 5.17. The van der Waals surface area contributed by atoms with Crippen LogP contribution in [0.3, 0.4) is 0 Å². The lowest BCUT2D eigenvalue weighted by atomic mass is 10.2. The average Bonchev–Trinajstić information content (AvgIpc) is 2.89. The molecule has 2 aromatic carbocycles. The van der Waals surface area contributed by atoms with E-state index in [1.165, 1.54) is 6.07 Å². The maximum atomic E-state index is 12.6. The molecular formula is C16H12ClF2N3O. The Balaban J connectivity index is 2.09. The molecule has 0 N–H and O–H groups in total.